The van der Waals surface area contributed by atoms with E-state index in [9.17, 15) is 5.21 Å². The summed E-state index contributed by atoms with van der Waals surface area (Å²) in [6, 6.07) is 6.64. The highest BCUT2D eigenvalue weighted by Gasteiger charge is 2.53. The zero-order valence-electron chi connectivity index (χ0n) is 13.5. The summed E-state index contributed by atoms with van der Waals surface area (Å²) in [5.74, 6) is 3.10. The summed E-state index contributed by atoms with van der Waals surface area (Å²) in [6.45, 7) is 2.33. The van der Waals surface area contributed by atoms with E-state index in [4.69, 9.17) is 4.74 Å². The number of ether oxygens (including phenoxy) is 1. The Hall–Kier alpha value is -1.51. The molecule has 0 aliphatic heterocycles. The first-order chi connectivity index (χ1) is 10.7. The second-order valence-corrected chi connectivity index (χ2v) is 7.52. The third-order valence-electron chi connectivity index (χ3n) is 6.80. The maximum Gasteiger partial charge on any atom is 0.119 e. The Kier molecular flexibility index (Phi) is 3.21. The van der Waals surface area contributed by atoms with E-state index >= 15 is 0 Å². The van der Waals surface area contributed by atoms with Gasteiger partial charge in [0.25, 0.3) is 0 Å². The van der Waals surface area contributed by atoms with Gasteiger partial charge in [0.15, 0.2) is 0 Å². The van der Waals surface area contributed by atoms with Gasteiger partial charge in [-0.05, 0) is 79.5 Å². The maximum atomic E-state index is 9.36. The largest absolute Gasteiger partial charge is 0.497 e. The summed E-state index contributed by atoms with van der Waals surface area (Å²) in [7, 11) is 1.74. The van der Waals surface area contributed by atoms with Crippen LogP contribution in [0.2, 0.25) is 0 Å². The Morgan fingerprint density at radius 2 is 2.09 bits per heavy atom. The molecular weight excluding hydrogens is 274 g/mol. The van der Waals surface area contributed by atoms with Crippen LogP contribution in [0.1, 0.15) is 56.1 Å². The van der Waals surface area contributed by atoms with Gasteiger partial charge in [-0.3, -0.25) is 0 Å². The predicted octanol–water partition coefficient (Wildman–Crippen LogP) is 4.38. The van der Waals surface area contributed by atoms with Crippen LogP contribution in [-0.4, -0.2) is 18.0 Å². The van der Waals surface area contributed by atoms with Crippen LogP contribution in [0.25, 0.3) is 0 Å². The predicted molar refractivity (Wildman–Crippen MR) is 86.8 cm³/mol. The minimum absolute atomic E-state index is 0.139. The molecule has 1 aromatic rings. The van der Waals surface area contributed by atoms with Gasteiger partial charge in [0.1, 0.15) is 5.75 Å². The molecule has 0 spiro atoms. The molecule has 0 aromatic heterocycles. The maximum absolute atomic E-state index is 9.36. The van der Waals surface area contributed by atoms with E-state index < -0.39 is 0 Å². The molecule has 1 aromatic carbocycles. The second-order valence-electron chi connectivity index (χ2n) is 7.52. The second kappa shape index (κ2) is 5.00. The van der Waals surface area contributed by atoms with E-state index in [1.54, 1.807) is 12.7 Å². The molecule has 2 fully saturated rings. The fourth-order valence-electron chi connectivity index (χ4n) is 5.64. The summed E-state index contributed by atoms with van der Waals surface area (Å²) in [4.78, 5) is 0. The normalized spacial score (nSPS) is 38.3. The third-order valence-corrected chi connectivity index (χ3v) is 6.80. The standard InChI is InChI=1S/C19H25NO2/c1-19-10-9-15-14-6-4-13(22-2)11-12(14)3-5-16(15)17(19)7-8-18(19)20-21/h4,6,11,15-17,21H,3,5,7-10H2,1-2H3/b20-18+/t15-,16-,17+,19-/m1/s1. The van der Waals surface area contributed by atoms with Crippen LogP contribution >= 0.6 is 0 Å². The first kappa shape index (κ1) is 14.1. The first-order valence-corrected chi connectivity index (χ1v) is 8.55. The molecule has 0 radical (unpaired) electrons. The first-order valence-electron chi connectivity index (χ1n) is 8.55. The summed E-state index contributed by atoms with van der Waals surface area (Å²) < 4.78 is 5.39. The quantitative estimate of drug-likeness (QED) is 0.617. The lowest BCUT2D eigenvalue weighted by Gasteiger charge is -2.48. The van der Waals surface area contributed by atoms with Gasteiger partial charge in [0.05, 0.1) is 12.8 Å². The lowest BCUT2D eigenvalue weighted by molar-refractivity contribution is 0.0938. The number of fused-ring (bicyclic) bond motifs is 5. The molecule has 3 aliphatic rings. The Morgan fingerprint density at radius 3 is 2.86 bits per heavy atom. The van der Waals surface area contributed by atoms with Crippen LogP contribution < -0.4 is 4.74 Å². The Morgan fingerprint density at radius 1 is 1.23 bits per heavy atom. The van der Waals surface area contributed by atoms with Crippen LogP contribution in [0, 0.1) is 17.3 Å². The van der Waals surface area contributed by atoms with Gasteiger partial charge in [-0.25, -0.2) is 0 Å². The average Bonchev–Trinajstić information content (AvgIpc) is 2.90. The van der Waals surface area contributed by atoms with Crippen molar-refractivity contribution in [1.82, 2.24) is 0 Å². The van der Waals surface area contributed by atoms with E-state index in [0.717, 1.165) is 36.6 Å². The van der Waals surface area contributed by atoms with Gasteiger partial charge in [0, 0.05) is 5.41 Å². The van der Waals surface area contributed by atoms with E-state index in [1.165, 1.54) is 24.8 Å². The van der Waals surface area contributed by atoms with Gasteiger partial charge in [-0.15, -0.1) is 0 Å². The molecule has 4 atom stereocenters. The summed E-state index contributed by atoms with van der Waals surface area (Å²) in [6.07, 6.45) is 6.98. The van der Waals surface area contributed by atoms with Crippen LogP contribution in [0.4, 0.5) is 0 Å². The number of aryl methyl sites for hydroxylation is 1. The van der Waals surface area contributed by atoms with E-state index in [0.29, 0.717) is 11.8 Å². The van der Waals surface area contributed by atoms with Crippen LogP contribution in [0.5, 0.6) is 5.75 Å². The minimum Gasteiger partial charge on any atom is -0.497 e. The Labute approximate surface area is 132 Å². The van der Waals surface area contributed by atoms with Crippen molar-refractivity contribution in [3.63, 3.8) is 0 Å². The summed E-state index contributed by atoms with van der Waals surface area (Å²) in [5.41, 5.74) is 4.23. The summed E-state index contributed by atoms with van der Waals surface area (Å²) in [5, 5.41) is 13.0. The third kappa shape index (κ3) is 1.84. The monoisotopic (exact) mass is 299 g/mol. The number of methoxy groups -OCH3 is 1. The molecule has 3 nitrogen and oxygen atoms in total. The van der Waals surface area contributed by atoms with E-state index in [-0.39, 0.29) is 5.41 Å². The zero-order valence-corrected chi connectivity index (χ0v) is 13.5. The van der Waals surface area contributed by atoms with Crippen molar-refractivity contribution in [1.29, 1.82) is 0 Å². The number of benzene rings is 1. The van der Waals surface area contributed by atoms with Crippen LogP contribution in [0.3, 0.4) is 0 Å². The van der Waals surface area contributed by atoms with Crippen molar-refractivity contribution in [3.8, 4) is 5.75 Å². The molecule has 0 bridgehead atoms. The number of oxime groups is 1. The molecule has 0 amide bonds. The molecule has 3 heteroatoms. The average molecular weight is 299 g/mol. The topological polar surface area (TPSA) is 41.8 Å². The molecule has 1 N–H and O–H groups in total. The summed E-state index contributed by atoms with van der Waals surface area (Å²) >= 11 is 0. The van der Waals surface area contributed by atoms with E-state index in [1.807, 2.05) is 0 Å². The molecule has 3 aliphatic carbocycles. The highest BCUT2D eigenvalue weighted by molar-refractivity contribution is 5.92. The lowest BCUT2D eigenvalue weighted by atomic mass is 9.55. The van der Waals surface area contributed by atoms with Crippen molar-refractivity contribution < 1.29 is 9.94 Å². The van der Waals surface area contributed by atoms with E-state index in [2.05, 4.69) is 30.3 Å². The highest BCUT2D eigenvalue weighted by atomic mass is 16.5. The van der Waals surface area contributed by atoms with Gasteiger partial charge >= 0.3 is 0 Å². The lowest BCUT2D eigenvalue weighted by Crippen LogP contribution is -2.42. The fraction of sp³-hybridized carbons (Fsp3) is 0.632. The van der Waals surface area contributed by atoms with Gasteiger partial charge < -0.3 is 9.94 Å². The minimum atomic E-state index is 0.139. The molecule has 0 saturated heterocycles. The smallest absolute Gasteiger partial charge is 0.119 e. The SMILES string of the molecule is COc1ccc2c(c1)CC[C@@H]1[C@@H]2CC[C@@]2(C)/C(=N/O)CC[C@@H]12. The molecule has 0 heterocycles. The molecular formula is C19H25NO2. The fourth-order valence-corrected chi connectivity index (χ4v) is 5.64. The van der Waals surface area contributed by atoms with Crippen LogP contribution in [-0.2, 0) is 6.42 Å². The molecule has 0 unspecified atom stereocenters. The van der Waals surface area contributed by atoms with Crippen molar-refractivity contribution in [3.05, 3.63) is 29.3 Å². The Bertz CT molecular complexity index is 624. The number of hydrogen-bond donors (Lipinski definition) is 1. The molecule has 22 heavy (non-hydrogen) atoms. The van der Waals surface area contributed by atoms with Crippen molar-refractivity contribution in [2.24, 2.45) is 22.4 Å². The number of rotatable bonds is 1. The van der Waals surface area contributed by atoms with Crippen molar-refractivity contribution >= 4 is 5.71 Å². The number of hydrogen-bond acceptors (Lipinski definition) is 3. The Balaban J connectivity index is 1.69. The molecule has 2 saturated carbocycles. The van der Waals surface area contributed by atoms with Crippen molar-refractivity contribution in [2.75, 3.05) is 7.11 Å². The molecule has 118 valence electrons. The van der Waals surface area contributed by atoms with Gasteiger partial charge in [-0.1, -0.05) is 18.1 Å². The number of nitrogens with zero attached hydrogens (tertiary/aromatic N) is 1. The van der Waals surface area contributed by atoms with Crippen molar-refractivity contribution in [2.45, 2.75) is 51.4 Å². The van der Waals surface area contributed by atoms with Gasteiger partial charge in [0.2, 0.25) is 0 Å². The molecule has 4 rings (SSSR count). The zero-order chi connectivity index (χ0) is 15.3. The van der Waals surface area contributed by atoms with Crippen LogP contribution in [0.15, 0.2) is 23.4 Å². The van der Waals surface area contributed by atoms with Gasteiger partial charge in [-0.2, -0.15) is 0 Å². The highest BCUT2D eigenvalue weighted by Crippen LogP contribution is 2.59.